The van der Waals surface area contributed by atoms with E-state index < -0.39 is 5.97 Å². The van der Waals surface area contributed by atoms with Crippen molar-refractivity contribution in [2.75, 3.05) is 6.54 Å². The fourth-order valence-electron chi connectivity index (χ4n) is 1.76. The zero-order chi connectivity index (χ0) is 15.1. The molecule has 1 aromatic heterocycles. The highest BCUT2D eigenvalue weighted by Crippen LogP contribution is 2.08. The number of hydrogen-bond acceptors (Lipinski definition) is 3. The molecule has 0 aliphatic heterocycles. The fraction of sp³-hybridized carbons (Fsp3) is 0.200. The molecule has 0 atom stereocenters. The molecule has 1 heterocycles. The lowest BCUT2D eigenvalue weighted by atomic mass is 10.1. The van der Waals surface area contributed by atoms with Crippen molar-refractivity contribution in [1.29, 1.82) is 0 Å². The van der Waals surface area contributed by atoms with Crippen LogP contribution >= 0.6 is 11.3 Å². The molecule has 2 aromatic rings. The molecule has 0 unspecified atom stereocenters. The number of hydrogen-bond donors (Lipinski definition) is 3. The number of carbonyl (C=O) groups excluding carboxylic acids is 1. The average Bonchev–Trinajstić information content (AvgIpc) is 2.99. The lowest BCUT2D eigenvalue weighted by Crippen LogP contribution is -2.36. The van der Waals surface area contributed by atoms with Gasteiger partial charge >= 0.3 is 12.0 Å². The largest absolute Gasteiger partial charge is 0.478 e. The van der Waals surface area contributed by atoms with Crippen LogP contribution in [0, 0.1) is 0 Å². The van der Waals surface area contributed by atoms with Gasteiger partial charge in [0.2, 0.25) is 0 Å². The lowest BCUT2D eigenvalue weighted by Gasteiger charge is -2.07. The summed E-state index contributed by atoms with van der Waals surface area (Å²) in [6, 6.07) is 10.2. The van der Waals surface area contributed by atoms with Gasteiger partial charge < -0.3 is 15.7 Å². The quantitative estimate of drug-likeness (QED) is 0.767. The standard InChI is InChI=1S/C15H16N2O3S/c18-14(19)12-5-3-11(4-6-12)10-17-15(20)16-8-7-13-2-1-9-21-13/h1-6,9H,7-8,10H2,(H,18,19)(H2,16,17,20). The number of carboxylic acid groups (broad SMARTS) is 1. The van der Waals surface area contributed by atoms with E-state index in [-0.39, 0.29) is 11.6 Å². The van der Waals surface area contributed by atoms with Crippen molar-refractivity contribution in [1.82, 2.24) is 10.6 Å². The molecule has 0 spiro atoms. The van der Waals surface area contributed by atoms with E-state index in [0.717, 1.165) is 12.0 Å². The van der Waals surface area contributed by atoms with Gasteiger partial charge in [-0.2, -0.15) is 0 Å². The maximum atomic E-state index is 11.6. The van der Waals surface area contributed by atoms with E-state index in [4.69, 9.17) is 5.11 Å². The SMILES string of the molecule is O=C(NCCc1cccs1)NCc1ccc(C(=O)O)cc1. The summed E-state index contributed by atoms with van der Waals surface area (Å²) in [4.78, 5) is 23.6. The molecule has 0 fully saturated rings. The monoisotopic (exact) mass is 304 g/mol. The first kappa shape index (κ1) is 15.1. The van der Waals surface area contributed by atoms with Crippen LogP contribution in [-0.2, 0) is 13.0 Å². The minimum absolute atomic E-state index is 0.228. The summed E-state index contributed by atoms with van der Waals surface area (Å²) >= 11 is 1.67. The molecular weight excluding hydrogens is 288 g/mol. The predicted molar refractivity (Wildman–Crippen MR) is 81.7 cm³/mol. The van der Waals surface area contributed by atoms with Gasteiger partial charge in [0.15, 0.2) is 0 Å². The second-order valence-corrected chi connectivity index (χ2v) is 5.47. The minimum atomic E-state index is -0.958. The van der Waals surface area contributed by atoms with E-state index in [0.29, 0.717) is 13.1 Å². The van der Waals surface area contributed by atoms with E-state index in [2.05, 4.69) is 10.6 Å². The van der Waals surface area contributed by atoms with Crippen LogP contribution in [-0.4, -0.2) is 23.7 Å². The third-order valence-corrected chi connectivity index (χ3v) is 3.83. The number of thiophene rings is 1. The van der Waals surface area contributed by atoms with Gasteiger partial charge in [-0.3, -0.25) is 0 Å². The molecule has 0 radical (unpaired) electrons. The van der Waals surface area contributed by atoms with Crippen molar-refractivity contribution in [2.45, 2.75) is 13.0 Å². The van der Waals surface area contributed by atoms with E-state index in [9.17, 15) is 9.59 Å². The molecule has 21 heavy (non-hydrogen) atoms. The minimum Gasteiger partial charge on any atom is -0.478 e. The van der Waals surface area contributed by atoms with E-state index in [1.54, 1.807) is 23.5 Å². The predicted octanol–water partition coefficient (Wildman–Crippen LogP) is 2.49. The van der Waals surface area contributed by atoms with Gasteiger partial charge in [0.05, 0.1) is 5.56 Å². The Morgan fingerprint density at radius 3 is 2.48 bits per heavy atom. The Balaban J connectivity index is 1.69. The molecule has 2 rings (SSSR count). The molecular formula is C15H16N2O3S. The van der Waals surface area contributed by atoms with Crippen LogP contribution in [0.15, 0.2) is 41.8 Å². The highest BCUT2D eigenvalue weighted by atomic mass is 32.1. The van der Waals surface area contributed by atoms with Crippen molar-refractivity contribution < 1.29 is 14.7 Å². The van der Waals surface area contributed by atoms with Crippen molar-refractivity contribution >= 4 is 23.3 Å². The lowest BCUT2D eigenvalue weighted by molar-refractivity contribution is 0.0697. The molecule has 6 heteroatoms. The van der Waals surface area contributed by atoms with Gasteiger partial charge in [0.1, 0.15) is 0 Å². The summed E-state index contributed by atoms with van der Waals surface area (Å²) < 4.78 is 0. The Labute approximate surface area is 126 Å². The molecule has 3 N–H and O–H groups in total. The van der Waals surface area contributed by atoms with Gasteiger partial charge in [0, 0.05) is 18.0 Å². The molecule has 1 aromatic carbocycles. The Morgan fingerprint density at radius 2 is 1.86 bits per heavy atom. The average molecular weight is 304 g/mol. The van der Waals surface area contributed by atoms with Gasteiger partial charge in [-0.1, -0.05) is 18.2 Å². The second-order valence-electron chi connectivity index (χ2n) is 4.44. The molecule has 2 amide bonds. The third kappa shape index (κ3) is 4.92. The zero-order valence-corrected chi connectivity index (χ0v) is 12.2. The molecule has 0 aliphatic carbocycles. The Kier molecular flexibility index (Phi) is 5.34. The highest BCUT2D eigenvalue weighted by molar-refractivity contribution is 7.09. The number of nitrogens with one attached hydrogen (secondary N) is 2. The molecule has 0 saturated carbocycles. The topological polar surface area (TPSA) is 78.4 Å². The summed E-state index contributed by atoms with van der Waals surface area (Å²) in [5, 5.41) is 16.3. The summed E-state index contributed by atoms with van der Waals surface area (Å²) in [7, 11) is 0. The first-order valence-corrected chi connectivity index (χ1v) is 7.39. The number of urea groups is 1. The van der Waals surface area contributed by atoms with Gasteiger partial charge in [-0.15, -0.1) is 11.3 Å². The van der Waals surface area contributed by atoms with Crippen LogP contribution in [0.5, 0.6) is 0 Å². The van der Waals surface area contributed by atoms with E-state index >= 15 is 0 Å². The highest BCUT2D eigenvalue weighted by Gasteiger charge is 2.03. The molecule has 0 bridgehead atoms. The van der Waals surface area contributed by atoms with Crippen molar-refractivity contribution in [3.05, 3.63) is 57.8 Å². The van der Waals surface area contributed by atoms with Crippen LogP contribution in [0.3, 0.4) is 0 Å². The maximum absolute atomic E-state index is 11.6. The molecule has 0 aliphatic rings. The van der Waals surface area contributed by atoms with Crippen LogP contribution < -0.4 is 10.6 Å². The number of carbonyl (C=O) groups is 2. The number of rotatable bonds is 6. The van der Waals surface area contributed by atoms with Crippen LogP contribution in [0.4, 0.5) is 4.79 Å². The number of aromatic carboxylic acids is 1. The van der Waals surface area contributed by atoms with Crippen molar-refractivity contribution in [3.8, 4) is 0 Å². The van der Waals surface area contributed by atoms with Crippen LogP contribution in [0.2, 0.25) is 0 Å². The Bertz CT molecular complexity index is 594. The number of benzene rings is 1. The van der Waals surface area contributed by atoms with Crippen molar-refractivity contribution in [2.24, 2.45) is 0 Å². The molecule has 5 nitrogen and oxygen atoms in total. The van der Waals surface area contributed by atoms with Crippen LogP contribution in [0.25, 0.3) is 0 Å². The fourth-order valence-corrected chi connectivity index (χ4v) is 2.47. The maximum Gasteiger partial charge on any atom is 0.335 e. The zero-order valence-electron chi connectivity index (χ0n) is 11.3. The van der Waals surface area contributed by atoms with E-state index in [1.807, 2.05) is 17.5 Å². The number of carboxylic acids is 1. The van der Waals surface area contributed by atoms with Gasteiger partial charge in [0.25, 0.3) is 0 Å². The van der Waals surface area contributed by atoms with Gasteiger partial charge in [-0.05, 0) is 35.6 Å². The summed E-state index contributed by atoms with van der Waals surface area (Å²) in [6.07, 6.45) is 0.818. The summed E-state index contributed by atoms with van der Waals surface area (Å²) in [5.41, 5.74) is 1.09. The van der Waals surface area contributed by atoms with Gasteiger partial charge in [-0.25, -0.2) is 9.59 Å². The van der Waals surface area contributed by atoms with Crippen molar-refractivity contribution in [3.63, 3.8) is 0 Å². The summed E-state index contributed by atoms with van der Waals surface area (Å²) in [6.45, 7) is 0.953. The Hall–Kier alpha value is -2.34. The van der Waals surface area contributed by atoms with Crippen LogP contribution in [0.1, 0.15) is 20.8 Å². The first-order valence-electron chi connectivity index (χ1n) is 6.51. The van der Waals surface area contributed by atoms with E-state index in [1.165, 1.54) is 17.0 Å². The smallest absolute Gasteiger partial charge is 0.335 e. The number of amides is 2. The molecule has 0 saturated heterocycles. The Morgan fingerprint density at radius 1 is 1.10 bits per heavy atom. The first-order chi connectivity index (χ1) is 10.1. The summed E-state index contributed by atoms with van der Waals surface area (Å²) in [5.74, 6) is -0.958. The normalized spacial score (nSPS) is 10.1. The molecule has 110 valence electrons. The second kappa shape index (κ2) is 7.44. The third-order valence-electron chi connectivity index (χ3n) is 2.89.